The Morgan fingerprint density at radius 2 is 2.05 bits per heavy atom. The predicted molar refractivity (Wildman–Crippen MR) is 81.1 cm³/mol. The Hall–Kier alpha value is -1.95. The van der Waals surface area contributed by atoms with E-state index in [1.807, 2.05) is 32.9 Å². The van der Waals surface area contributed by atoms with Crippen LogP contribution in [-0.4, -0.2) is 29.4 Å². The van der Waals surface area contributed by atoms with E-state index in [1.54, 1.807) is 12.4 Å². The Morgan fingerprint density at radius 1 is 1.33 bits per heavy atom. The number of nitrogens with zero attached hydrogens (tertiary/aromatic N) is 1. The van der Waals surface area contributed by atoms with Crippen LogP contribution in [0.25, 0.3) is 0 Å². The molecule has 0 spiro atoms. The molecule has 1 atom stereocenters. The van der Waals surface area contributed by atoms with Crippen molar-refractivity contribution < 1.29 is 9.59 Å². The first-order valence-electron chi connectivity index (χ1n) is 6.99. The molecule has 116 valence electrons. The molecular weight excluding hydrogens is 268 g/mol. The van der Waals surface area contributed by atoms with Crippen LogP contribution in [0.2, 0.25) is 0 Å². The molecule has 4 N–H and O–H groups in total. The van der Waals surface area contributed by atoms with E-state index in [0.717, 1.165) is 5.56 Å². The van der Waals surface area contributed by atoms with E-state index in [4.69, 9.17) is 5.73 Å². The van der Waals surface area contributed by atoms with Gasteiger partial charge in [0.2, 0.25) is 11.8 Å². The first kappa shape index (κ1) is 17.1. The Bertz CT molecular complexity index is 468. The SMILES string of the molecule is CC(C)(C)[C@H](N)C(=O)NCCC(=O)NCc1cccnc1. The number of pyridine rings is 1. The Balaban J connectivity index is 2.23. The van der Waals surface area contributed by atoms with Gasteiger partial charge in [-0.15, -0.1) is 0 Å². The molecule has 0 bridgehead atoms. The monoisotopic (exact) mass is 292 g/mol. The van der Waals surface area contributed by atoms with Crippen molar-refractivity contribution in [2.45, 2.75) is 39.8 Å². The van der Waals surface area contributed by atoms with Crippen molar-refractivity contribution in [1.82, 2.24) is 15.6 Å². The van der Waals surface area contributed by atoms with E-state index in [-0.39, 0.29) is 30.2 Å². The maximum atomic E-state index is 11.8. The van der Waals surface area contributed by atoms with E-state index in [1.165, 1.54) is 0 Å². The minimum Gasteiger partial charge on any atom is -0.354 e. The largest absolute Gasteiger partial charge is 0.354 e. The van der Waals surface area contributed by atoms with Gasteiger partial charge in [-0.2, -0.15) is 0 Å². The first-order chi connectivity index (χ1) is 9.80. The molecule has 0 saturated heterocycles. The highest BCUT2D eigenvalue weighted by molar-refractivity contribution is 5.83. The third kappa shape index (κ3) is 6.35. The van der Waals surface area contributed by atoms with Crippen LogP contribution in [-0.2, 0) is 16.1 Å². The zero-order chi connectivity index (χ0) is 15.9. The molecule has 1 aromatic rings. The average molecular weight is 292 g/mol. The van der Waals surface area contributed by atoms with Crippen LogP contribution in [0.3, 0.4) is 0 Å². The summed E-state index contributed by atoms with van der Waals surface area (Å²) >= 11 is 0. The lowest BCUT2D eigenvalue weighted by Gasteiger charge is -2.25. The quantitative estimate of drug-likeness (QED) is 0.714. The van der Waals surface area contributed by atoms with Crippen molar-refractivity contribution in [2.24, 2.45) is 11.1 Å². The molecular formula is C15H24N4O2. The van der Waals surface area contributed by atoms with Gasteiger partial charge < -0.3 is 16.4 Å². The minimum atomic E-state index is -0.587. The number of aromatic nitrogens is 1. The molecule has 0 aliphatic carbocycles. The van der Waals surface area contributed by atoms with Crippen LogP contribution in [0.1, 0.15) is 32.8 Å². The maximum absolute atomic E-state index is 11.8. The van der Waals surface area contributed by atoms with Crippen molar-refractivity contribution >= 4 is 11.8 Å². The molecule has 1 aromatic heterocycles. The Morgan fingerprint density at radius 3 is 2.62 bits per heavy atom. The molecule has 6 heteroatoms. The number of nitrogens with one attached hydrogen (secondary N) is 2. The summed E-state index contributed by atoms with van der Waals surface area (Å²) in [5, 5.41) is 5.45. The Labute approximate surface area is 125 Å². The summed E-state index contributed by atoms with van der Waals surface area (Å²) in [6, 6.07) is 3.11. The van der Waals surface area contributed by atoms with Crippen LogP contribution in [0, 0.1) is 5.41 Å². The topological polar surface area (TPSA) is 97.1 Å². The van der Waals surface area contributed by atoms with Crippen molar-refractivity contribution in [3.63, 3.8) is 0 Å². The zero-order valence-electron chi connectivity index (χ0n) is 12.8. The van der Waals surface area contributed by atoms with Crippen LogP contribution in [0.5, 0.6) is 0 Å². The van der Waals surface area contributed by atoms with Crippen LogP contribution >= 0.6 is 0 Å². The predicted octanol–water partition coefficient (Wildman–Crippen LogP) is 0.578. The highest BCUT2D eigenvalue weighted by atomic mass is 16.2. The highest BCUT2D eigenvalue weighted by Gasteiger charge is 2.27. The molecule has 0 aromatic carbocycles. The standard InChI is InChI=1S/C15H24N4O2/c1-15(2,3)13(16)14(21)18-8-6-12(20)19-10-11-5-4-7-17-9-11/h4-5,7,9,13H,6,8,10,16H2,1-3H3,(H,18,21)(H,19,20)/t13-/m1/s1. The van der Waals surface area contributed by atoms with Gasteiger partial charge in [0.25, 0.3) is 0 Å². The van der Waals surface area contributed by atoms with Crippen molar-refractivity contribution in [3.05, 3.63) is 30.1 Å². The minimum absolute atomic E-state index is 0.122. The summed E-state index contributed by atoms with van der Waals surface area (Å²) in [7, 11) is 0. The summed E-state index contributed by atoms with van der Waals surface area (Å²) < 4.78 is 0. The molecule has 0 saturated carbocycles. The molecule has 6 nitrogen and oxygen atoms in total. The summed E-state index contributed by atoms with van der Waals surface area (Å²) in [6.07, 6.45) is 3.60. The molecule has 0 aliphatic heterocycles. The molecule has 0 unspecified atom stereocenters. The lowest BCUT2D eigenvalue weighted by Crippen LogP contribution is -2.49. The fourth-order valence-corrected chi connectivity index (χ4v) is 1.59. The number of carbonyl (C=O) groups excluding carboxylic acids is 2. The molecule has 0 fully saturated rings. The Kier molecular flexibility index (Phi) is 6.30. The van der Waals surface area contributed by atoms with Gasteiger partial charge in [0.05, 0.1) is 6.04 Å². The molecule has 0 aliphatic rings. The number of nitrogens with two attached hydrogens (primary N) is 1. The second-order valence-corrected chi connectivity index (χ2v) is 6.02. The molecule has 1 rings (SSSR count). The number of carbonyl (C=O) groups is 2. The van der Waals surface area contributed by atoms with Crippen molar-refractivity contribution in [1.29, 1.82) is 0 Å². The summed E-state index contributed by atoms with van der Waals surface area (Å²) in [5.74, 6) is -0.356. The van der Waals surface area contributed by atoms with Crippen molar-refractivity contribution in [3.8, 4) is 0 Å². The van der Waals surface area contributed by atoms with Crippen LogP contribution in [0.4, 0.5) is 0 Å². The third-order valence-corrected chi connectivity index (χ3v) is 3.08. The summed E-state index contributed by atoms with van der Waals surface area (Å²) in [4.78, 5) is 27.4. The van der Waals surface area contributed by atoms with Gasteiger partial charge in [-0.3, -0.25) is 14.6 Å². The van der Waals surface area contributed by atoms with E-state index >= 15 is 0 Å². The fourth-order valence-electron chi connectivity index (χ4n) is 1.59. The highest BCUT2D eigenvalue weighted by Crippen LogP contribution is 2.16. The van der Waals surface area contributed by atoms with E-state index in [0.29, 0.717) is 6.54 Å². The normalized spacial score (nSPS) is 12.6. The smallest absolute Gasteiger partial charge is 0.237 e. The summed E-state index contributed by atoms with van der Waals surface area (Å²) in [6.45, 7) is 6.41. The van der Waals surface area contributed by atoms with Gasteiger partial charge in [-0.05, 0) is 17.0 Å². The van der Waals surface area contributed by atoms with Crippen LogP contribution in [0.15, 0.2) is 24.5 Å². The number of hydrogen-bond donors (Lipinski definition) is 3. The van der Waals surface area contributed by atoms with Crippen molar-refractivity contribution in [2.75, 3.05) is 6.54 Å². The van der Waals surface area contributed by atoms with Gasteiger partial charge in [0.1, 0.15) is 0 Å². The molecule has 21 heavy (non-hydrogen) atoms. The lowest BCUT2D eigenvalue weighted by molar-refractivity contribution is -0.124. The van der Waals surface area contributed by atoms with Gasteiger partial charge in [0.15, 0.2) is 0 Å². The van der Waals surface area contributed by atoms with Gasteiger partial charge >= 0.3 is 0 Å². The van der Waals surface area contributed by atoms with E-state index in [9.17, 15) is 9.59 Å². The molecule has 1 heterocycles. The number of rotatable bonds is 6. The maximum Gasteiger partial charge on any atom is 0.237 e. The van der Waals surface area contributed by atoms with Gasteiger partial charge in [-0.1, -0.05) is 26.8 Å². The zero-order valence-corrected chi connectivity index (χ0v) is 12.8. The summed E-state index contributed by atoms with van der Waals surface area (Å²) in [5.41, 5.74) is 6.46. The third-order valence-electron chi connectivity index (χ3n) is 3.08. The van der Waals surface area contributed by atoms with Crippen LogP contribution < -0.4 is 16.4 Å². The fraction of sp³-hybridized carbons (Fsp3) is 0.533. The van der Waals surface area contributed by atoms with Gasteiger partial charge in [0, 0.05) is 31.9 Å². The first-order valence-corrected chi connectivity index (χ1v) is 6.99. The molecule has 2 amide bonds. The second-order valence-electron chi connectivity index (χ2n) is 6.02. The van der Waals surface area contributed by atoms with Gasteiger partial charge in [-0.25, -0.2) is 0 Å². The second kappa shape index (κ2) is 7.73. The van der Waals surface area contributed by atoms with E-state index in [2.05, 4.69) is 15.6 Å². The number of hydrogen-bond acceptors (Lipinski definition) is 4. The lowest BCUT2D eigenvalue weighted by atomic mass is 9.87. The number of amides is 2. The average Bonchev–Trinajstić information content (AvgIpc) is 2.44. The van der Waals surface area contributed by atoms with E-state index < -0.39 is 6.04 Å². The molecule has 0 radical (unpaired) electrons.